The second-order valence-corrected chi connectivity index (χ2v) is 4.98. The van der Waals surface area contributed by atoms with Gasteiger partial charge in [0.2, 0.25) is 5.88 Å². The Bertz CT molecular complexity index is 790. The Balaban J connectivity index is 2.18. The summed E-state index contributed by atoms with van der Waals surface area (Å²) in [4.78, 5) is 32.4. The monoisotopic (exact) mass is 344 g/mol. The third kappa shape index (κ3) is 4.06. The van der Waals surface area contributed by atoms with E-state index >= 15 is 0 Å². The van der Waals surface area contributed by atoms with Crippen molar-refractivity contribution in [3.63, 3.8) is 0 Å². The number of rotatable bonds is 6. The standard InChI is InChI=1S/C16H13ClN4O3/c1-2-24-16-12(17)7-10(9-20-16)14(22)11(8-18)15(23)21-13-5-3-4-6-19-13/h3-7,9,11H,2H2,1H3,(H,19,21,23)/t11-/m1/s1. The molecule has 0 aliphatic rings. The van der Waals surface area contributed by atoms with Crippen LogP contribution in [0.5, 0.6) is 5.88 Å². The van der Waals surface area contributed by atoms with Crippen LogP contribution in [0, 0.1) is 17.2 Å². The topological polar surface area (TPSA) is 105 Å². The molecule has 0 bridgehead atoms. The molecule has 8 heteroatoms. The van der Waals surface area contributed by atoms with E-state index in [1.807, 2.05) is 0 Å². The van der Waals surface area contributed by atoms with E-state index in [4.69, 9.17) is 16.3 Å². The van der Waals surface area contributed by atoms with E-state index in [1.54, 1.807) is 31.2 Å². The van der Waals surface area contributed by atoms with Gasteiger partial charge in [-0.1, -0.05) is 17.7 Å². The molecule has 0 saturated heterocycles. The maximum atomic E-state index is 12.4. The molecule has 1 amide bonds. The number of hydrogen-bond donors (Lipinski definition) is 1. The van der Waals surface area contributed by atoms with Crippen molar-refractivity contribution in [1.82, 2.24) is 9.97 Å². The molecule has 7 nitrogen and oxygen atoms in total. The molecule has 122 valence electrons. The molecular weight excluding hydrogens is 332 g/mol. The third-order valence-electron chi connectivity index (χ3n) is 2.94. The smallest absolute Gasteiger partial charge is 0.250 e. The number of ketones is 1. The molecule has 0 aliphatic heterocycles. The van der Waals surface area contributed by atoms with E-state index in [0.717, 1.165) is 0 Å². The Morgan fingerprint density at radius 2 is 2.21 bits per heavy atom. The van der Waals surface area contributed by atoms with Crippen molar-refractivity contribution < 1.29 is 14.3 Å². The van der Waals surface area contributed by atoms with Crippen molar-refractivity contribution in [3.05, 3.63) is 47.2 Å². The minimum atomic E-state index is -1.54. The second-order valence-electron chi connectivity index (χ2n) is 4.57. The number of carbonyl (C=O) groups excluding carboxylic acids is 2. The number of halogens is 1. The van der Waals surface area contributed by atoms with Crippen LogP contribution in [0.3, 0.4) is 0 Å². The number of nitrogens with one attached hydrogen (secondary N) is 1. The van der Waals surface area contributed by atoms with Crippen LogP contribution in [-0.4, -0.2) is 28.3 Å². The summed E-state index contributed by atoms with van der Waals surface area (Å²) in [6.07, 6.45) is 2.70. The SMILES string of the molecule is CCOc1ncc(C(=O)[C@@H](C#N)C(=O)Nc2ccccn2)cc1Cl. The molecule has 24 heavy (non-hydrogen) atoms. The van der Waals surface area contributed by atoms with Gasteiger partial charge < -0.3 is 10.1 Å². The maximum Gasteiger partial charge on any atom is 0.250 e. The molecule has 0 aliphatic carbocycles. The van der Waals surface area contributed by atoms with Gasteiger partial charge in [0.1, 0.15) is 10.8 Å². The van der Waals surface area contributed by atoms with Crippen LogP contribution in [0.25, 0.3) is 0 Å². The highest BCUT2D eigenvalue weighted by molar-refractivity contribution is 6.32. The number of carbonyl (C=O) groups is 2. The lowest BCUT2D eigenvalue weighted by Gasteiger charge is -2.10. The van der Waals surface area contributed by atoms with Gasteiger partial charge in [0.25, 0.3) is 5.91 Å². The summed E-state index contributed by atoms with van der Waals surface area (Å²) in [7, 11) is 0. The Kier molecular flexibility index (Phi) is 5.82. The maximum absolute atomic E-state index is 12.4. The van der Waals surface area contributed by atoms with Gasteiger partial charge in [0.05, 0.1) is 12.7 Å². The first-order valence-electron chi connectivity index (χ1n) is 7.01. The number of hydrogen-bond acceptors (Lipinski definition) is 6. The summed E-state index contributed by atoms with van der Waals surface area (Å²) in [5.74, 6) is -2.59. The lowest BCUT2D eigenvalue weighted by molar-refractivity contribution is -0.117. The Morgan fingerprint density at radius 3 is 2.79 bits per heavy atom. The van der Waals surface area contributed by atoms with Gasteiger partial charge in [-0.05, 0) is 25.1 Å². The zero-order valence-electron chi connectivity index (χ0n) is 12.7. The summed E-state index contributed by atoms with van der Waals surface area (Å²) in [5.41, 5.74) is 0.0474. The van der Waals surface area contributed by atoms with Gasteiger partial charge in [-0.3, -0.25) is 9.59 Å². The predicted octanol–water partition coefficient (Wildman–Crippen LogP) is 2.49. The van der Waals surface area contributed by atoms with Crippen molar-refractivity contribution >= 4 is 29.1 Å². The summed E-state index contributed by atoms with van der Waals surface area (Å²) < 4.78 is 5.18. The first kappa shape index (κ1) is 17.4. The quantitative estimate of drug-likeness (QED) is 0.637. The molecule has 0 saturated carbocycles. The van der Waals surface area contributed by atoms with Crippen LogP contribution >= 0.6 is 11.6 Å². The highest BCUT2D eigenvalue weighted by Crippen LogP contribution is 2.23. The zero-order valence-corrected chi connectivity index (χ0v) is 13.4. The summed E-state index contributed by atoms with van der Waals surface area (Å²) in [5, 5.41) is 11.7. The average molecular weight is 345 g/mol. The van der Waals surface area contributed by atoms with E-state index in [-0.39, 0.29) is 22.3 Å². The lowest BCUT2D eigenvalue weighted by Crippen LogP contribution is -2.29. The molecule has 0 unspecified atom stereocenters. The largest absolute Gasteiger partial charge is 0.477 e. The fourth-order valence-corrected chi connectivity index (χ4v) is 2.06. The van der Waals surface area contributed by atoms with Crippen LogP contribution in [0.4, 0.5) is 5.82 Å². The van der Waals surface area contributed by atoms with Gasteiger partial charge in [-0.2, -0.15) is 5.26 Å². The van der Waals surface area contributed by atoms with Crippen LogP contribution in [0.2, 0.25) is 5.02 Å². The van der Waals surface area contributed by atoms with Gasteiger partial charge >= 0.3 is 0 Å². The van der Waals surface area contributed by atoms with Gasteiger partial charge in [-0.15, -0.1) is 0 Å². The molecule has 1 N–H and O–H groups in total. The first-order valence-corrected chi connectivity index (χ1v) is 7.38. The van der Waals surface area contributed by atoms with Crippen molar-refractivity contribution in [2.24, 2.45) is 5.92 Å². The van der Waals surface area contributed by atoms with Gasteiger partial charge in [0.15, 0.2) is 11.7 Å². The Hall–Kier alpha value is -2.98. The number of anilines is 1. The zero-order chi connectivity index (χ0) is 17.5. The highest BCUT2D eigenvalue weighted by atomic mass is 35.5. The number of nitriles is 1. The van der Waals surface area contributed by atoms with Crippen molar-refractivity contribution in [2.45, 2.75) is 6.92 Å². The van der Waals surface area contributed by atoms with Crippen LogP contribution in [0.1, 0.15) is 17.3 Å². The minimum Gasteiger partial charge on any atom is -0.477 e. The molecule has 0 fully saturated rings. The molecule has 2 rings (SSSR count). The highest BCUT2D eigenvalue weighted by Gasteiger charge is 2.28. The summed E-state index contributed by atoms with van der Waals surface area (Å²) >= 11 is 5.98. The average Bonchev–Trinajstić information content (AvgIpc) is 2.58. The van der Waals surface area contributed by atoms with E-state index in [0.29, 0.717) is 6.61 Å². The van der Waals surface area contributed by atoms with Crippen LogP contribution in [-0.2, 0) is 4.79 Å². The predicted molar refractivity (Wildman–Crippen MR) is 86.7 cm³/mol. The normalized spacial score (nSPS) is 11.2. The first-order chi connectivity index (χ1) is 11.6. The van der Waals surface area contributed by atoms with Crippen molar-refractivity contribution in [2.75, 3.05) is 11.9 Å². The van der Waals surface area contributed by atoms with Crippen molar-refractivity contribution in [1.29, 1.82) is 5.26 Å². The number of ether oxygens (including phenoxy) is 1. The molecule has 2 aromatic rings. The van der Waals surface area contributed by atoms with Crippen molar-refractivity contribution in [3.8, 4) is 11.9 Å². The van der Waals surface area contributed by atoms with Crippen LogP contribution < -0.4 is 10.1 Å². The molecule has 0 aromatic carbocycles. The Labute approximate surface area is 143 Å². The van der Waals surface area contributed by atoms with Crippen LogP contribution in [0.15, 0.2) is 36.7 Å². The van der Waals surface area contributed by atoms with E-state index in [2.05, 4.69) is 15.3 Å². The van der Waals surface area contributed by atoms with Gasteiger partial charge in [-0.25, -0.2) is 9.97 Å². The molecule has 0 radical (unpaired) electrons. The molecular formula is C16H13ClN4O3. The number of Topliss-reactive ketones (excluding diaryl/α,β-unsaturated/α-hetero) is 1. The number of pyridine rings is 2. The number of nitrogens with zero attached hydrogens (tertiary/aromatic N) is 3. The summed E-state index contributed by atoms with van der Waals surface area (Å²) in [6, 6.07) is 7.90. The number of aromatic nitrogens is 2. The summed E-state index contributed by atoms with van der Waals surface area (Å²) in [6.45, 7) is 2.14. The fourth-order valence-electron chi connectivity index (χ4n) is 1.84. The fraction of sp³-hybridized carbons (Fsp3) is 0.188. The Morgan fingerprint density at radius 1 is 1.42 bits per heavy atom. The van der Waals surface area contributed by atoms with Gasteiger partial charge in [0, 0.05) is 18.0 Å². The van der Waals surface area contributed by atoms with E-state index in [9.17, 15) is 14.9 Å². The molecule has 2 heterocycles. The molecule has 2 aromatic heterocycles. The lowest BCUT2D eigenvalue weighted by atomic mass is 9.99. The van der Waals surface area contributed by atoms with E-state index < -0.39 is 17.6 Å². The number of amides is 1. The second kappa shape index (κ2) is 8.04. The minimum absolute atomic E-state index is 0.0474. The van der Waals surface area contributed by atoms with E-state index in [1.165, 1.54) is 18.5 Å². The third-order valence-corrected chi connectivity index (χ3v) is 3.21. The molecule has 0 spiro atoms. The molecule has 1 atom stereocenters.